The molecule has 1 aliphatic rings. The molecule has 3 rings (SSSR count). The molecule has 116 valence electrons. The second-order valence-corrected chi connectivity index (χ2v) is 12.0. The van der Waals surface area contributed by atoms with Gasteiger partial charge < -0.3 is 0 Å². The van der Waals surface area contributed by atoms with Crippen molar-refractivity contribution in [3.05, 3.63) is 59.7 Å². The topological polar surface area (TPSA) is 0 Å². The van der Waals surface area contributed by atoms with Crippen molar-refractivity contribution in [1.82, 2.24) is 0 Å². The van der Waals surface area contributed by atoms with Gasteiger partial charge in [-0.3, -0.25) is 0 Å². The van der Waals surface area contributed by atoms with Crippen LogP contribution in [-0.2, 0) is 0 Å². The molecule has 0 aliphatic heterocycles. The summed E-state index contributed by atoms with van der Waals surface area (Å²) < 4.78 is 0. The third kappa shape index (κ3) is 3.02. The molecule has 22 heavy (non-hydrogen) atoms. The van der Waals surface area contributed by atoms with Gasteiger partial charge in [-0.05, 0) is 29.8 Å². The molecule has 0 amide bonds. The zero-order valence-corrected chi connectivity index (χ0v) is 15.4. The Hall–Kier alpha value is -1.05. The van der Waals surface area contributed by atoms with E-state index in [4.69, 9.17) is 11.1 Å². The van der Waals surface area contributed by atoms with Crippen LogP contribution in [0, 0.1) is 13.8 Å². The first-order valence-electron chi connectivity index (χ1n) is 8.44. The van der Waals surface area contributed by atoms with E-state index in [2.05, 4.69) is 62.4 Å². The van der Waals surface area contributed by atoms with E-state index in [-0.39, 0.29) is 0 Å². The Morgan fingerprint density at radius 2 is 1.41 bits per heavy atom. The normalized spacial score (nSPS) is 18.9. The molecule has 0 heterocycles. The Morgan fingerprint density at radius 3 is 2.00 bits per heavy atom. The first kappa shape index (κ1) is 15.8. The van der Waals surface area contributed by atoms with Crippen LogP contribution in [0.25, 0.3) is 0 Å². The molecule has 1 aliphatic carbocycles. The zero-order chi connectivity index (χ0) is 15.6. The Labute approximate surface area is 140 Å². The molecule has 0 nitrogen and oxygen atoms in total. The lowest BCUT2D eigenvalue weighted by Crippen LogP contribution is -2.57. The highest BCUT2D eigenvalue weighted by Crippen LogP contribution is 2.39. The standard InChI is InChI=1S/C20H25ClSi/c1-16-13-17(2)15-20(14-16)22(21,18-9-5-3-6-10-18)19-11-7-4-8-12-19/h3,5-6,9-10,13-15,19H,4,7-8,11-12H2,1-2H3. The highest BCUT2D eigenvalue weighted by Gasteiger charge is 2.43. The first-order valence-corrected chi connectivity index (χ1v) is 11.5. The minimum Gasteiger partial charge on any atom is -0.155 e. The molecule has 0 N–H and O–H groups in total. The van der Waals surface area contributed by atoms with Gasteiger partial charge in [0.05, 0.1) is 0 Å². The molecule has 0 saturated heterocycles. The van der Waals surface area contributed by atoms with Crippen LogP contribution in [0.1, 0.15) is 43.2 Å². The fourth-order valence-corrected chi connectivity index (χ4v) is 9.40. The summed E-state index contributed by atoms with van der Waals surface area (Å²) in [5.41, 5.74) is 3.32. The lowest BCUT2D eigenvalue weighted by atomic mass is 10.0. The third-order valence-corrected chi connectivity index (χ3v) is 11.2. The maximum Gasteiger partial charge on any atom is 0.220 e. The van der Waals surface area contributed by atoms with Crippen LogP contribution in [0.2, 0.25) is 5.54 Å². The summed E-state index contributed by atoms with van der Waals surface area (Å²) >= 11 is 7.55. The minimum absolute atomic E-state index is 0.659. The van der Waals surface area contributed by atoms with Gasteiger partial charge in [0, 0.05) is 0 Å². The fraction of sp³-hybridized carbons (Fsp3) is 0.400. The van der Waals surface area contributed by atoms with E-state index in [0.29, 0.717) is 5.54 Å². The van der Waals surface area contributed by atoms with E-state index in [1.54, 1.807) is 0 Å². The molecule has 0 bridgehead atoms. The largest absolute Gasteiger partial charge is 0.220 e. The number of halogens is 1. The van der Waals surface area contributed by atoms with Crippen LogP contribution < -0.4 is 10.4 Å². The van der Waals surface area contributed by atoms with E-state index in [0.717, 1.165) is 0 Å². The maximum absolute atomic E-state index is 7.55. The first-order chi connectivity index (χ1) is 10.6. The summed E-state index contributed by atoms with van der Waals surface area (Å²) in [7, 11) is -2.19. The number of aryl methyl sites for hydroxylation is 2. The van der Waals surface area contributed by atoms with E-state index in [1.807, 2.05) is 0 Å². The summed E-state index contributed by atoms with van der Waals surface area (Å²) in [6, 6.07) is 17.8. The molecule has 0 spiro atoms. The van der Waals surface area contributed by atoms with Crippen molar-refractivity contribution in [2.24, 2.45) is 0 Å². The summed E-state index contributed by atoms with van der Waals surface area (Å²) in [5, 5.41) is 2.79. The van der Waals surface area contributed by atoms with Gasteiger partial charge in [-0.2, -0.15) is 11.1 Å². The van der Waals surface area contributed by atoms with Gasteiger partial charge in [0.2, 0.25) is 7.38 Å². The predicted molar refractivity (Wildman–Crippen MR) is 100 cm³/mol. The summed E-state index contributed by atoms with van der Waals surface area (Å²) in [5.74, 6) is 0. The molecule has 0 radical (unpaired) electrons. The van der Waals surface area contributed by atoms with Crippen molar-refractivity contribution < 1.29 is 0 Å². The van der Waals surface area contributed by atoms with Crippen LogP contribution in [0.15, 0.2) is 48.5 Å². The smallest absolute Gasteiger partial charge is 0.155 e. The summed E-state index contributed by atoms with van der Waals surface area (Å²) in [6.07, 6.45) is 6.63. The molecule has 0 aromatic heterocycles. The Morgan fingerprint density at radius 1 is 0.818 bits per heavy atom. The number of rotatable bonds is 3. The number of hydrogen-bond donors (Lipinski definition) is 0. The Kier molecular flexibility index (Phi) is 4.75. The summed E-state index contributed by atoms with van der Waals surface area (Å²) in [4.78, 5) is 0. The van der Waals surface area contributed by atoms with E-state index in [1.165, 1.54) is 53.6 Å². The van der Waals surface area contributed by atoms with Crippen LogP contribution in [0.4, 0.5) is 0 Å². The van der Waals surface area contributed by atoms with Crippen molar-refractivity contribution in [3.8, 4) is 0 Å². The molecule has 1 fully saturated rings. The SMILES string of the molecule is Cc1cc(C)cc([Si](Cl)(c2ccccc2)C2CCCCC2)c1. The fourth-order valence-electron chi connectivity index (χ4n) is 4.00. The van der Waals surface area contributed by atoms with Crippen LogP contribution in [-0.4, -0.2) is 7.38 Å². The third-order valence-electron chi connectivity index (χ3n) is 5.00. The lowest BCUT2D eigenvalue weighted by Gasteiger charge is -2.37. The second kappa shape index (κ2) is 6.60. The highest BCUT2D eigenvalue weighted by atomic mass is 35.6. The van der Waals surface area contributed by atoms with Crippen LogP contribution >= 0.6 is 11.1 Å². The van der Waals surface area contributed by atoms with Crippen molar-refractivity contribution in [3.63, 3.8) is 0 Å². The average molecular weight is 329 g/mol. The Balaban J connectivity index is 2.13. The average Bonchev–Trinajstić information content (AvgIpc) is 2.55. The van der Waals surface area contributed by atoms with Gasteiger partial charge in [0.25, 0.3) is 0 Å². The van der Waals surface area contributed by atoms with Crippen LogP contribution in [0.3, 0.4) is 0 Å². The predicted octanol–water partition coefficient (Wildman–Crippen LogP) is 4.94. The van der Waals surface area contributed by atoms with Crippen molar-refractivity contribution in [2.45, 2.75) is 51.5 Å². The molecule has 2 heteroatoms. The highest BCUT2D eigenvalue weighted by molar-refractivity contribution is 7.34. The van der Waals surface area contributed by atoms with Crippen molar-refractivity contribution in [2.75, 3.05) is 0 Å². The van der Waals surface area contributed by atoms with Gasteiger partial charge in [0.1, 0.15) is 0 Å². The molecule has 2 aromatic carbocycles. The van der Waals surface area contributed by atoms with Crippen LogP contribution in [0.5, 0.6) is 0 Å². The maximum atomic E-state index is 7.55. The van der Waals surface area contributed by atoms with Gasteiger partial charge in [-0.15, -0.1) is 0 Å². The number of hydrogen-bond acceptors (Lipinski definition) is 0. The van der Waals surface area contributed by atoms with Gasteiger partial charge in [-0.1, -0.05) is 91.8 Å². The number of benzene rings is 2. The van der Waals surface area contributed by atoms with E-state index >= 15 is 0 Å². The van der Waals surface area contributed by atoms with E-state index < -0.39 is 7.38 Å². The molecule has 2 aromatic rings. The molecular weight excluding hydrogens is 304 g/mol. The minimum atomic E-state index is -2.19. The van der Waals surface area contributed by atoms with Gasteiger partial charge in [0.15, 0.2) is 0 Å². The van der Waals surface area contributed by atoms with Gasteiger partial charge >= 0.3 is 0 Å². The molecule has 1 unspecified atom stereocenters. The lowest BCUT2D eigenvalue weighted by molar-refractivity contribution is 0.498. The van der Waals surface area contributed by atoms with Crippen molar-refractivity contribution in [1.29, 1.82) is 0 Å². The molecule has 1 atom stereocenters. The van der Waals surface area contributed by atoms with Crippen molar-refractivity contribution >= 4 is 28.8 Å². The monoisotopic (exact) mass is 328 g/mol. The second-order valence-electron chi connectivity index (χ2n) is 6.79. The van der Waals surface area contributed by atoms with Gasteiger partial charge in [-0.25, -0.2) is 0 Å². The van der Waals surface area contributed by atoms with E-state index in [9.17, 15) is 0 Å². The molecular formula is C20H25ClSi. The zero-order valence-electron chi connectivity index (χ0n) is 13.6. The summed E-state index contributed by atoms with van der Waals surface area (Å²) in [6.45, 7) is 4.38. The molecule has 1 saturated carbocycles. The quantitative estimate of drug-likeness (QED) is 0.553. The Bertz CT molecular complexity index is 611.